The predicted octanol–water partition coefficient (Wildman–Crippen LogP) is 5.30. The summed E-state index contributed by atoms with van der Waals surface area (Å²) in [7, 11) is 0. The lowest BCUT2D eigenvalue weighted by Crippen LogP contribution is -2.43. The molecule has 2 N–H and O–H groups in total. The Morgan fingerprint density at radius 2 is 1.64 bits per heavy atom. The van der Waals surface area contributed by atoms with Crippen molar-refractivity contribution in [3.05, 3.63) is 123 Å². The van der Waals surface area contributed by atoms with Crippen LogP contribution < -0.4 is 5.73 Å². The molecule has 5 rings (SSSR count). The van der Waals surface area contributed by atoms with Crippen molar-refractivity contribution in [2.24, 2.45) is 16.6 Å². The van der Waals surface area contributed by atoms with Gasteiger partial charge >= 0.3 is 11.9 Å². The summed E-state index contributed by atoms with van der Waals surface area (Å²) in [5, 5.41) is 11.6. The van der Waals surface area contributed by atoms with Gasteiger partial charge in [0, 0.05) is 31.1 Å². The van der Waals surface area contributed by atoms with Crippen LogP contribution in [0.4, 0.5) is 5.69 Å². The van der Waals surface area contributed by atoms with E-state index in [4.69, 9.17) is 15.2 Å². The van der Waals surface area contributed by atoms with Gasteiger partial charge in [-0.3, -0.25) is 19.8 Å². The van der Waals surface area contributed by atoms with Crippen molar-refractivity contribution >= 4 is 23.5 Å². The molecule has 10 nitrogen and oxygen atoms in total. The highest BCUT2D eigenvalue weighted by molar-refractivity contribution is 6.06. The van der Waals surface area contributed by atoms with Gasteiger partial charge in [-0.2, -0.15) is 0 Å². The highest BCUT2D eigenvalue weighted by atomic mass is 16.6. The van der Waals surface area contributed by atoms with Crippen LogP contribution in [0.5, 0.6) is 0 Å². The van der Waals surface area contributed by atoms with E-state index in [1.165, 1.54) is 18.2 Å². The molecule has 3 atom stereocenters. The van der Waals surface area contributed by atoms with E-state index in [9.17, 15) is 19.7 Å². The average molecular weight is 597 g/mol. The SMILES string of the molecule is CC1=C(C(=O)OC(C)C)C(c2cccc([N+](=O)[O-])c2)C(C(=O)OC2CCN(C(c3ccccc3)c3ccccc3)C2)C(N)=N1. The second-order valence-electron chi connectivity index (χ2n) is 11.4. The van der Waals surface area contributed by atoms with Gasteiger partial charge in [-0.05, 0) is 43.9 Å². The van der Waals surface area contributed by atoms with E-state index in [-0.39, 0.29) is 28.8 Å². The summed E-state index contributed by atoms with van der Waals surface area (Å²) >= 11 is 0. The van der Waals surface area contributed by atoms with Crippen LogP contribution >= 0.6 is 0 Å². The van der Waals surface area contributed by atoms with Gasteiger partial charge < -0.3 is 15.2 Å². The van der Waals surface area contributed by atoms with E-state index in [0.29, 0.717) is 25.1 Å². The first kappa shape index (κ1) is 30.6. The number of likely N-dealkylation sites (tertiary alicyclic amines) is 1. The number of hydrogen-bond donors (Lipinski definition) is 1. The molecule has 3 unspecified atom stereocenters. The fourth-order valence-electron chi connectivity index (χ4n) is 6.09. The van der Waals surface area contributed by atoms with E-state index in [1.54, 1.807) is 26.8 Å². The number of nitro groups is 1. The van der Waals surface area contributed by atoms with Crippen LogP contribution in [0.1, 0.15) is 55.8 Å². The van der Waals surface area contributed by atoms with Crippen molar-refractivity contribution in [2.75, 3.05) is 13.1 Å². The summed E-state index contributed by atoms with van der Waals surface area (Å²) in [6.45, 7) is 6.22. The molecule has 1 fully saturated rings. The lowest BCUT2D eigenvalue weighted by molar-refractivity contribution is -0.384. The Morgan fingerprint density at radius 1 is 1.00 bits per heavy atom. The summed E-state index contributed by atoms with van der Waals surface area (Å²) in [5.41, 5.74) is 9.25. The van der Waals surface area contributed by atoms with Crippen LogP contribution in [0.2, 0.25) is 0 Å². The first-order chi connectivity index (χ1) is 21.1. The molecule has 0 radical (unpaired) electrons. The molecular formula is C34H36N4O6. The minimum atomic E-state index is -1.18. The number of non-ortho nitro benzene ring substituents is 1. The number of ether oxygens (including phenoxy) is 2. The minimum Gasteiger partial charge on any atom is -0.460 e. The number of benzene rings is 3. The molecule has 3 aromatic carbocycles. The second kappa shape index (κ2) is 13.2. The molecule has 0 saturated carbocycles. The van der Waals surface area contributed by atoms with E-state index in [0.717, 1.165) is 11.1 Å². The summed E-state index contributed by atoms with van der Waals surface area (Å²) in [5.74, 6) is -3.49. The van der Waals surface area contributed by atoms with Crippen LogP contribution in [0.25, 0.3) is 0 Å². The number of aliphatic imine (C=N–C) groups is 1. The Labute approximate surface area is 256 Å². The largest absolute Gasteiger partial charge is 0.460 e. The Balaban J connectivity index is 1.43. The minimum absolute atomic E-state index is 0.0218. The Kier molecular flexibility index (Phi) is 9.20. The summed E-state index contributed by atoms with van der Waals surface area (Å²) < 4.78 is 11.6. The average Bonchev–Trinajstić information content (AvgIpc) is 3.45. The van der Waals surface area contributed by atoms with Gasteiger partial charge in [0.15, 0.2) is 0 Å². The number of amidine groups is 1. The number of hydrogen-bond acceptors (Lipinski definition) is 9. The van der Waals surface area contributed by atoms with E-state index >= 15 is 0 Å². The number of carbonyl (C=O) groups excluding carboxylic acids is 2. The van der Waals surface area contributed by atoms with Gasteiger partial charge in [-0.1, -0.05) is 72.8 Å². The van der Waals surface area contributed by atoms with Crippen LogP contribution in [-0.2, 0) is 19.1 Å². The highest BCUT2D eigenvalue weighted by Gasteiger charge is 2.45. The molecule has 0 aromatic heterocycles. The summed E-state index contributed by atoms with van der Waals surface area (Å²) in [6.07, 6.45) is -0.271. The topological polar surface area (TPSA) is 137 Å². The van der Waals surface area contributed by atoms with Gasteiger partial charge in [0.1, 0.15) is 17.9 Å². The van der Waals surface area contributed by atoms with Crippen LogP contribution in [0.15, 0.2) is 101 Å². The molecule has 2 aliphatic heterocycles. The zero-order valence-corrected chi connectivity index (χ0v) is 25.0. The van der Waals surface area contributed by atoms with Gasteiger partial charge in [0.05, 0.1) is 28.3 Å². The monoisotopic (exact) mass is 596 g/mol. The number of carbonyl (C=O) groups is 2. The van der Waals surface area contributed by atoms with Crippen molar-refractivity contribution in [3.8, 4) is 0 Å². The van der Waals surface area contributed by atoms with Gasteiger partial charge in [-0.15, -0.1) is 0 Å². The summed E-state index contributed by atoms with van der Waals surface area (Å²) in [6, 6.07) is 26.2. The highest BCUT2D eigenvalue weighted by Crippen LogP contribution is 2.41. The number of rotatable bonds is 9. The third-order valence-corrected chi connectivity index (χ3v) is 7.96. The van der Waals surface area contributed by atoms with Crippen molar-refractivity contribution < 1.29 is 24.0 Å². The number of esters is 2. The smallest absolute Gasteiger partial charge is 0.336 e. The maximum atomic E-state index is 14.0. The summed E-state index contributed by atoms with van der Waals surface area (Å²) in [4.78, 5) is 45.0. The molecule has 10 heteroatoms. The Bertz CT molecular complexity index is 1550. The predicted molar refractivity (Wildman–Crippen MR) is 166 cm³/mol. The molecule has 1 saturated heterocycles. The Hall–Kier alpha value is -4.83. The van der Waals surface area contributed by atoms with Crippen molar-refractivity contribution in [1.82, 2.24) is 4.90 Å². The quantitative estimate of drug-likeness (QED) is 0.200. The van der Waals surface area contributed by atoms with Crippen LogP contribution in [0, 0.1) is 16.0 Å². The number of nitro benzene ring substituents is 1. The van der Waals surface area contributed by atoms with Crippen LogP contribution in [-0.4, -0.2) is 52.9 Å². The molecule has 2 heterocycles. The lowest BCUT2D eigenvalue weighted by atomic mass is 9.77. The standard InChI is InChI=1S/C34H36N4O6/c1-21(2)43-33(39)28-22(3)36-32(35)30(29(28)25-15-10-16-26(19-25)38(41)42)34(40)44-27-17-18-37(20-27)31(23-11-6-4-7-12-23)24-13-8-5-9-14-24/h4-16,19,21,27,29-31H,17-18,20H2,1-3H3,(H2,35,36). The van der Waals surface area contributed by atoms with Crippen LogP contribution in [0.3, 0.4) is 0 Å². The van der Waals surface area contributed by atoms with E-state index < -0.39 is 40.9 Å². The van der Waals surface area contributed by atoms with Crippen molar-refractivity contribution in [1.29, 1.82) is 0 Å². The molecule has 0 spiro atoms. The molecule has 0 bridgehead atoms. The zero-order valence-electron chi connectivity index (χ0n) is 25.0. The maximum Gasteiger partial charge on any atom is 0.336 e. The molecule has 0 aliphatic carbocycles. The molecule has 2 aliphatic rings. The number of nitrogens with two attached hydrogens (primary N) is 1. The Morgan fingerprint density at radius 3 is 2.23 bits per heavy atom. The molecule has 44 heavy (non-hydrogen) atoms. The molecule has 3 aromatic rings. The van der Waals surface area contributed by atoms with Gasteiger partial charge in [0.2, 0.25) is 0 Å². The second-order valence-corrected chi connectivity index (χ2v) is 11.4. The number of nitrogens with zero attached hydrogens (tertiary/aromatic N) is 3. The molecular weight excluding hydrogens is 560 g/mol. The number of allylic oxidation sites excluding steroid dienone is 1. The van der Waals surface area contributed by atoms with E-state index in [2.05, 4.69) is 34.2 Å². The fraction of sp³-hybridized carbons (Fsp3) is 0.324. The fourth-order valence-corrected chi connectivity index (χ4v) is 6.09. The van der Waals surface area contributed by atoms with Gasteiger partial charge in [-0.25, -0.2) is 9.79 Å². The third-order valence-electron chi connectivity index (χ3n) is 7.96. The normalized spacial score (nSPS) is 20.5. The first-order valence-corrected chi connectivity index (χ1v) is 14.7. The molecule has 228 valence electrons. The molecule has 0 amide bonds. The zero-order chi connectivity index (χ0) is 31.4. The lowest BCUT2D eigenvalue weighted by Gasteiger charge is -2.32. The first-order valence-electron chi connectivity index (χ1n) is 14.7. The van der Waals surface area contributed by atoms with Crippen molar-refractivity contribution in [2.45, 2.75) is 51.4 Å². The van der Waals surface area contributed by atoms with E-state index in [1.807, 2.05) is 36.4 Å². The van der Waals surface area contributed by atoms with Gasteiger partial charge in [0.25, 0.3) is 5.69 Å². The van der Waals surface area contributed by atoms with Crippen molar-refractivity contribution in [3.63, 3.8) is 0 Å². The maximum absolute atomic E-state index is 14.0. The third kappa shape index (κ3) is 6.55.